The van der Waals surface area contributed by atoms with E-state index in [1.165, 1.54) is 4.90 Å². The van der Waals surface area contributed by atoms with Crippen molar-refractivity contribution in [1.29, 1.82) is 0 Å². The van der Waals surface area contributed by atoms with Gasteiger partial charge < -0.3 is 5.73 Å². The molecule has 0 aromatic heterocycles. The molecule has 0 bridgehead atoms. The Bertz CT molecular complexity index is 175. The van der Waals surface area contributed by atoms with Gasteiger partial charge in [-0.15, -0.1) is 0 Å². The van der Waals surface area contributed by atoms with E-state index in [1.54, 1.807) is 0 Å². The molecule has 1 fully saturated rings. The Labute approximate surface area is 71.7 Å². The largest absolute Gasteiger partial charge is 0.330 e. The number of hydrogen-bond acceptors (Lipinski definition) is 3. The van der Waals surface area contributed by atoms with Gasteiger partial charge in [0.2, 0.25) is 11.8 Å². The summed E-state index contributed by atoms with van der Waals surface area (Å²) in [6.07, 6.45) is 2.43. The number of likely N-dealkylation sites (tertiary alicyclic amines) is 1. The third-order valence-electron chi connectivity index (χ3n) is 1.97. The van der Waals surface area contributed by atoms with E-state index in [1.807, 2.05) is 0 Å². The number of imide groups is 1. The summed E-state index contributed by atoms with van der Waals surface area (Å²) in [6, 6.07) is 0. The average molecular weight is 170 g/mol. The van der Waals surface area contributed by atoms with Crippen molar-refractivity contribution in [2.75, 3.05) is 13.1 Å². The lowest BCUT2D eigenvalue weighted by Crippen LogP contribution is -2.41. The molecule has 0 spiro atoms. The molecule has 1 aliphatic rings. The molecule has 1 aliphatic heterocycles. The summed E-state index contributed by atoms with van der Waals surface area (Å²) in [4.78, 5) is 23.7. The number of carbonyl (C=O) groups is 2. The van der Waals surface area contributed by atoms with Gasteiger partial charge in [0.05, 0.1) is 0 Å². The zero-order chi connectivity index (χ0) is 8.97. The van der Waals surface area contributed by atoms with Crippen LogP contribution in [-0.4, -0.2) is 29.8 Å². The maximum Gasteiger partial charge on any atom is 0.229 e. The van der Waals surface area contributed by atoms with Crippen LogP contribution in [0.4, 0.5) is 0 Å². The normalized spacial score (nSPS) is 18.6. The molecule has 0 aromatic rings. The van der Waals surface area contributed by atoms with E-state index in [9.17, 15) is 9.59 Å². The second-order valence-corrected chi connectivity index (χ2v) is 2.93. The van der Waals surface area contributed by atoms with Crippen LogP contribution < -0.4 is 5.73 Å². The van der Waals surface area contributed by atoms with Crippen LogP contribution >= 0.6 is 0 Å². The van der Waals surface area contributed by atoms with Crippen LogP contribution in [0, 0.1) is 0 Å². The maximum absolute atomic E-state index is 11.2. The Morgan fingerprint density at radius 1 is 1.25 bits per heavy atom. The van der Waals surface area contributed by atoms with E-state index >= 15 is 0 Å². The molecule has 12 heavy (non-hydrogen) atoms. The molecule has 68 valence electrons. The molecular formula is C8H14N2O2. The van der Waals surface area contributed by atoms with Crippen molar-refractivity contribution in [3.63, 3.8) is 0 Å². The SMILES string of the molecule is NCCCN1C(=O)CCCC1=O. The van der Waals surface area contributed by atoms with E-state index in [0.717, 1.165) is 0 Å². The third-order valence-corrected chi connectivity index (χ3v) is 1.97. The van der Waals surface area contributed by atoms with Gasteiger partial charge in [-0.1, -0.05) is 0 Å². The minimum Gasteiger partial charge on any atom is -0.330 e. The summed E-state index contributed by atoms with van der Waals surface area (Å²) in [6.45, 7) is 1.02. The number of carbonyl (C=O) groups excluding carboxylic acids is 2. The van der Waals surface area contributed by atoms with Crippen molar-refractivity contribution in [1.82, 2.24) is 4.90 Å². The fourth-order valence-electron chi connectivity index (χ4n) is 1.30. The summed E-state index contributed by atoms with van der Waals surface area (Å²) in [5, 5.41) is 0. The average Bonchev–Trinajstić information content (AvgIpc) is 2.04. The van der Waals surface area contributed by atoms with Gasteiger partial charge in [-0.25, -0.2) is 0 Å². The van der Waals surface area contributed by atoms with Crippen molar-refractivity contribution in [3.05, 3.63) is 0 Å². The van der Waals surface area contributed by atoms with Crippen molar-refractivity contribution in [2.24, 2.45) is 5.73 Å². The van der Waals surface area contributed by atoms with Gasteiger partial charge in [0.25, 0.3) is 0 Å². The number of piperidine rings is 1. The van der Waals surface area contributed by atoms with Crippen LogP contribution in [0.25, 0.3) is 0 Å². The topological polar surface area (TPSA) is 63.4 Å². The summed E-state index contributed by atoms with van der Waals surface area (Å²) < 4.78 is 0. The Hall–Kier alpha value is -0.900. The van der Waals surface area contributed by atoms with Gasteiger partial charge in [-0.2, -0.15) is 0 Å². The van der Waals surface area contributed by atoms with Crippen molar-refractivity contribution >= 4 is 11.8 Å². The highest BCUT2D eigenvalue weighted by molar-refractivity contribution is 5.97. The van der Waals surface area contributed by atoms with Crippen LogP contribution in [0.3, 0.4) is 0 Å². The molecule has 0 saturated carbocycles. The molecule has 4 nitrogen and oxygen atoms in total. The highest BCUT2D eigenvalue weighted by atomic mass is 16.2. The first-order chi connectivity index (χ1) is 5.75. The molecular weight excluding hydrogens is 156 g/mol. The van der Waals surface area contributed by atoms with Crippen LogP contribution in [0.15, 0.2) is 0 Å². The van der Waals surface area contributed by atoms with E-state index in [2.05, 4.69) is 0 Å². The minimum absolute atomic E-state index is 0.0419. The summed E-state index contributed by atoms with van der Waals surface area (Å²) in [5.41, 5.74) is 5.29. The van der Waals surface area contributed by atoms with Crippen LogP contribution in [0.1, 0.15) is 25.7 Å². The standard InChI is InChI=1S/C8H14N2O2/c9-5-2-6-10-7(11)3-1-4-8(10)12/h1-6,9H2. The molecule has 4 heteroatoms. The van der Waals surface area contributed by atoms with Crippen molar-refractivity contribution < 1.29 is 9.59 Å². The Balaban J connectivity index is 2.45. The van der Waals surface area contributed by atoms with Gasteiger partial charge in [0.1, 0.15) is 0 Å². The quantitative estimate of drug-likeness (QED) is 0.600. The smallest absolute Gasteiger partial charge is 0.229 e. The lowest BCUT2D eigenvalue weighted by atomic mass is 10.1. The van der Waals surface area contributed by atoms with Crippen LogP contribution in [0.5, 0.6) is 0 Å². The number of hydrogen-bond donors (Lipinski definition) is 1. The van der Waals surface area contributed by atoms with Crippen molar-refractivity contribution in [2.45, 2.75) is 25.7 Å². The molecule has 0 radical (unpaired) electrons. The number of amides is 2. The van der Waals surface area contributed by atoms with Crippen LogP contribution in [-0.2, 0) is 9.59 Å². The molecule has 0 aliphatic carbocycles. The highest BCUT2D eigenvalue weighted by Crippen LogP contribution is 2.11. The van der Waals surface area contributed by atoms with E-state index < -0.39 is 0 Å². The summed E-state index contributed by atoms with van der Waals surface area (Å²) >= 11 is 0. The number of nitrogens with zero attached hydrogens (tertiary/aromatic N) is 1. The Morgan fingerprint density at radius 2 is 1.83 bits per heavy atom. The van der Waals surface area contributed by atoms with Gasteiger partial charge in [-0.3, -0.25) is 14.5 Å². The zero-order valence-electron chi connectivity index (χ0n) is 7.08. The molecule has 2 amide bonds. The Kier molecular flexibility index (Phi) is 3.22. The van der Waals surface area contributed by atoms with E-state index in [-0.39, 0.29) is 11.8 Å². The van der Waals surface area contributed by atoms with Gasteiger partial charge in [0.15, 0.2) is 0 Å². The predicted molar refractivity (Wildman–Crippen MR) is 44.2 cm³/mol. The second kappa shape index (κ2) is 4.21. The van der Waals surface area contributed by atoms with Crippen molar-refractivity contribution in [3.8, 4) is 0 Å². The third kappa shape index (κ3) is 2.04. The lowest BCUT2D eigenvalue weighted by Gasteiger charge is -2.24. The van der Waals surface area contributed by atoms with Gasteiger partial charge in [0, 0.05) is 19.4 Å². The lowest BCUT2D eigenvalue weighted by molar-refractivity contribution is -0.147. The van der Waals surface area contributed by atoms with E-state index in [4.69, 9.17) is 5.73 Å². The number of nitrogens with two attached hydrogens (primary N) is 1. The molecule has 1 heterocycles. The predicted octanol–water partition coefficient (Wildman–Crippen LogP) is -0.126. The number of rotatable bonds is 3. The monoisotopic (exact) mass is 170 g/mol. The first kappa shape index (κ1) is 9.19. The fourth-order valence-corrected chi connectivity index (χ4v) is 1.30. The molecule has 2 N–H and O–H groups in total. The van der Waals surface area contributed by atoms with Gasteiger partial charge >= 0.3 is 0 Å². The first-order valence-electron chi connectivity index (χ1n) is 4.29. The molecule has 1 rings (SSSR count). The van der Waals surface area contributed by atoms with Crippen LogP contribution in [0.2, 0.25) is 0 Å². The molecule has 0 unspecified atom stereocenters. The minimum atomic E-state index is -0.0419. The fraction of sp³-hybridized carbons (Fsp3) is 0.750. The zero-order valence-corrected chi connectivity index (χ0v) is 7.08. The molecule has 1 saturated heterocycles. The molecule has 0 atom stereocenters. The Morgan fingerprint density at radius 3 is 2.33 bits per heavy atom. The second-order valence-electron chi connectivity index (χ2n) is 2.93. The summed E-state index contributed by atoms with van der Waals surface area (Å²) in [7, 11) is 0. The van der Waals surface area contributed by atoms with Gasteiger partial charge in [-0.05, 0) is 19.4 Å². The summed E-state index contributed by atoms with van der Waals surface area (Å²) in [5.74, 6) is -0.0839. The first-order valence-corrected chi connectivity index (χ1v) is 4.29. The van der Waals surface area contributed by atoms with E-state index in [0.29, 0.717) is 38.8 Å². The molecule has 0 aromatic carbocycles. The maximum atomic E-state index is 11.2. The highest BCUT2D eigenvalue weighted by Gasteiger charge is 2.24.